The molecular formula is C17H23N3O2. The molecule has 22 heavy (non-hydrogen) atoms. The zero-order chi connectivity index (χ0) is 15.3. The molecule has 1 N–H and O–H groups in total. The first-order valence-corrected chi connectivity index (χ1v) is 8.45. The van der Waals surface area contributed by atoms with Gasteiger partial charge in [0.15, 0.2) is 0 Å². The van der Waals surface area contributed by atoms with Gasteiger partial charge in [-0.05, 0) is 51.4 Å². The van der Waals surface area contributed by atoms with E-state index in [-0.39, 0.29) is 5.92 Å². The Morgan fingerprint density at radius 2 is 2.09 bits per heavy atom. The lowest BCUT2D eigenvalue weighted by Gasteiger charge is -2.27. The van der Waals surface area contributed by atoms with Gasteiger partial charge < -0.3 is 10.0 Å². The highest BCUT2D eigenvalue weighted by Gasteiger charge is 2.55. The van der Waals surface area contributed by atoms with Gasteiger partial charge in [-0.3, -0.25) is 4.79 Å². The van der Waals surface area contributed by atoms with E-state index >= 15 is 0 Å². The van der Waals surface area contributed by atoms with Crippen LogP contribution in [0.2, 0.25) is 0 Å². The minimum absolute atomic E-state index is 0.277. The summed E-state index contributed by atoms with van der Waals surface area (Å²) in [6.07, 6.45) is 7.36. The van der Waals surface area contributed by atoms with E-state index in [0.717, 1.165) is 50.3 Å². The molecule has 0 radical (unpaired) electrons. The Morgan fingerprint density at radius 1 is 1.27 bits per heavy atom. The van der Waals surface area contributed by atoms with Crippen LogP contribution in [0.15, 0.2) is 0 Å². The number of fused-ring (bicyclic) bond motifs is 2. The van der Waals surface area contributed by atoms with Gasteiger partial charge >= 0.3 is 5.97 Å². The summed E-state index contributed by atoms with van der Waals surface area (Å²) in [6.45, 7) is 3.41. The third-order valence-electron chi connectivity index (χ3n) is 5.87. The van der Waals surface area contributed by atoms with E-state index in [9.17, 15) is 9.90 Å². The van der Waals surface area contributed by atoms with Gasteiger partial charge in [-0.1, -0.05) is 6.42 Å². The van der Waals surface area contributed by atoms with E-state index < -0.39 is 11.4 Å². The minimum Gasteiger partial charge on any atom is -0.481 e. The average molecular weight is 301 g/mol. The van der Waals surface area contributed by atoms with Crippen LogP contribution < -0.4 is 4.90 Å². The van der Waals surface area contributed by atoms with Crippen molar-refractivity contribution in [2.24, 2.45) is 11.3 Å². The summed E-state index contributed by atoms with van der Waals surface area (Å²) < 4.78 is 0. The van der Waals surface area contributed by atoms with Crippen molar-refractivity contribution < 1.29 is 9.90 Å². The molecule has 1 saturated heterocycles. The number of hydrogen-bond donors (Lipinski definition) is 1. The predicted octanol–water partition coefficient (Wildman–Crippen LogP) is 2.35. The molecule has 0 unspecified atom stereocenters. The number of aryl methyl sites for hydroxylation is 2. The standard InChI is InChI=1S/C17H23N3O2/c1-11-18-14-7-3-2-6-13(14)15(19-11)20-9-12-5-4-8-17(12,10-20)16(21)22/h12H,2-10H2,1H3,(H,21,22)/t12-,17+/m0/s1. The summed E-state index contributed by atoms with van der Waals surface area (Å²) in [4.78, 5) is 23.4. The van der Waals surface area contributed by atoms with Crippen molar-refractivity contribution in [2.75, 3.05) is 18.0 Å². The number of carboxylic acid groups (broad SMARTS) is 1. The highest BCUT2D eigenvalue weighted by atomic mass is 16.4. The van der Waals surface area contributed by atoms with Crippen LogP contribution in [0.5, 0.6) is 0 Å². The third kappa shape index (κ3) is 1.94. The average Bonchev–Trinajstić information content (AvgIpc) is 3.04. The molecule has 0 bridgehead atoms. The van der Waals surface area contributed by atoms with Gasteiger partial charge in [-0.15, -0.1) is 0 Å². The Morgan fingerprint density at radius 3 is 2.86 bits per heavy atom. The first kappa shape index (κ1) is 14.0. The highest BCUT2D eigenvalue weighted by molar-refractivity contribution is 5.78. The van der Waals surface area contributed by atoms with Gasteiger partial charge in [0.2, 0.25) is 0 Å². The lowest BCUT2D eigenvalue weighted by molar-refractivity contribution is -0.149. The van der Waals surface area contributed by atoms with E-state index in [1.807, 2.05) is 6.92 Å². The number of aromatic nitrogens is 2. The first-order valence-electron chi connectivity index (χ1n) is 8.45. The molecule has 2 aliphatic carbocycles. The van der Waals surface area contributed by atoms with E-state index in [1.165, 1.54) is 24.1 Å². The fraction of sp³-hybridized carbons (Fsp3) is 0.706. The number of anilines is 1. The monoisotopic (exact) mass is 301 g/mol. The topological polar surface area (TPSA) is 66.3 Å². The van der Waals surface area contributed by atoms with Crippen LogP contribution in [-0.4, -0.2) is 34.1 Å². The predicted molar refractivity (Wildman–Crippen MR) is 83.0 cm³/mol. The summed E-state index contributed by atoms with van der Waals surface area (Å²) in [7, 11) is 0. The zero-order valence-electron chi connectivity index (χ0n) is 13.1. The van der Waals surface area contributed by atoms with E-state index in [2.05, 4.69) is 9.88 Å². The van der Waals surface area contributed by atoms with Crippen LogP contribution in [0.25, 0.3) is 0 Å². The van der Waals surface area contributed by atoms with Gasteiger partial charge in [0, 0.05) is 24.3 Å². The van der Waals surface area contributed by atoms with Crippen LogP contribution in [-0.2, 0) is 17.6 Å². The lowest BCUT2D eigenvalue weighted by Crippen LogP contribution is -2.36. The molecule has 1 saturated carbocycles. The van der Waals surface area contributed by atoms with Crippen LogP contribution in [0.4, 0.5) is 5.82 Å². The van der Waals surface area contributed by atoms with Crippen LogP contribution in [0.1, 0.15) is 49.2 Å². The SMILES string of the molecule is Cc1nc2c(c(N3C[C@@H]4CCC[C@@]4(C(=O)O)C3)n1)CCCC2. The molecule has 1 aromatic rings. The molecule has 5 nitrogen and oxygen atoms in total. The summed E-state index contributed by atoms with van der Waals surface area (Å²) >= 11 is 0. The first-order chi connectivity index (χ1) is 10.6. The molecule has 0 aromatic carbocycles. The van der Waals surface area contributed by atoms with E-state index in [4.69, 9.17) is 4.98 Å². The Bertz CT molecular complexity index is 631. The Hall–Kier alpha value is -1.65. The maximum Gasteiger partial charge on any atom is 0.311 e. The van der Waals surface area contributed by atoms with Gasteiger partial charge in [0.1, 0.15) is 11.6 Å². The number of hydrogen-bond acceptors (Lipinski definition) is 4. The molecule has 5 heteroatoms. The van der Waals surface area contributed by atoms with Gasteiger partial charge in [0.05, 0.1) is 5.41 Å². The minimum atomic E-state index is -0.614. The largest absolute Gasteiger partial charge is 0.481 e. The smallest absolute Gasteiger partial charge is 0.311 e. The Balaban J connectivity index is 1.72. The normalized spacial score (nSPS) is 30.2. The molecule has 3 aliphatic rings. The fourth-order valence-corrected chi connectivity index (χ4v) is 4.76. The molecule has 1 aliphatic heterocycles. The second-order valence-electron chi connectivity index (χ2n) is 7.16. The van der Waals surface area contributed by atoms with Gasteiger partial charge in [-0.2, -0.15) is 0 Å². The lowest BCUT2D eigenvalue weighted by atomic mass is 9.81. The summed E-state index contributed by atoms with van der Waals surface area (Å²) in [6, 6.07) is 0. The number of aliphatic carboxylic acids is 1. The molecule has 1 aromatic heterocycles. The van der Waals surface area contributed by atoms with Crippen molar-refractivity contribution >= 4 is 11.8 Å². The molecule has 0 amide bonds. The van der Waals surface area contributed by atoms with Crippen LogP contribution >= 0.6 is 0 Å². The maximum absolute atomic E-state index is 11.9. The van der Waals surface area contributed by atoms with Crippen molar-refractivity contribution in [3.8, 4) is 0 Å². The van der Waals surface area contributed by atoms with Gasteiger partial charge in [0.25, 0.3) is 0 Å². The fourth-order valence-electron chi connectivity index (χ4n) is 4.76. The molecule has 2 fully saturated rings. The molecule has 0 spiro atoms. The van der Waals surface area contributed by atoms with Crippen molar-refractivity contribution in [3.63, 3.8) is 0 Å². The molecular weight excluding hydrogens is 278 g/mol. The third-order valence-corrected chi connectivity index (χ3v) is 5.87. The molecule has 118 valence electrons. The van der Waals surface area contributed by atoms with E-state index in [1.54, 1.807) is 0 Å². The molecule has 4 rings (SSSR count). The molecule has 2 heterocycles. The van der Waals surface area contributed by atoms with Crippen molar-refractivity contribution in [3.05, 3.63) is 17.1 Å². The maximum atomic E-state index is 11.9. The second-order valence-corrected chi connectivity index (χ2v) is 7.16. The van der Waals surface area contributed by atoms with Crippen LogP contribution in [0, 0.1) is 18.3 Å². The van der Waals surface area contributed by atoms with E-state index in [0.29, 0.717) is 6.54 Å². The Labute approximate surface area is 130 Å². The van der Waals surface area contributed by atoms with Crippen molar-refractivity contribution in [1.29, 1.82) is 0 Å². The van der Waals surface area contributed by atoms with Crippen LogP contribution in [0.3, 0.4) is 0 Å². The number of carbonyl (C=O) groups is 1. The summed E-state index contributed by atoms with van der Waals surface area (Å²) in [5, 5.41) is 9.77. The zero-order valence-corrected chi connectivity index (χ0v) is 13.1. The number of carboxylic acids is 1. The Kier molecular flexibility index (Phi) is 3.13. The summed E-state index contributed by atoms with van der Waals surface area (Å²) in [5.41, 5.74) is 1.92. The number of nitrogens with zero attached hydrogens (tertiary/aromatic N) is 3. The number of rotatable bonds is 2. The van der Waals surface area contributed by atoms with Gasteiger partial charge in [-0.25, -0.2) is 9.97 Å². The quantitative estimate of drug-likeness (QED) is 0.908. The van der Waals surface area contributed by atoms with Crippen molar-refractivity contribution in [1.82, 2.24) is 9.97 Å². The molecule has 2 atom stereocenters. The van der Waals surface area contributed by atoms with Crippen molar-refractivity contribution in [2.45, 2.75) is 51.9 Å². The second kappa shape index (κ2) is 4.93. The summed E-state index contributed by atoms with van der Waals surface area (Å²) in [5.74, 6) is 1.51. The highest BCUT2D eigenvalue weighted by Crippen LogP contribution is 2.50.